The number of carboxylic acid groups (broad SMARTS) is 1. The number of rotatable bonds is 13. The van der Waals surface area contributed by atoms with Gasteiger partial charge in [0, 0.05) is 48.4 Å². The molecular formula is C76H74Cl2N10O23. The van der Waals surface area contributed by atoms with Gasteiger partial charge in [-0.3, -0.25) is 33.6 Å². The lowest BCUT2D eigenvalue weighted by atomic mass is 9.89. The summed E-state index contributed by atoms with van der Waals surface area (Å²) in [5.74, 6) is -16.9. The first-order chi connectivity index (χ1) is 53.1. The average Bonchev–Trinajstić information content (AvgIpc) is 1.04. The molecule has 35 heteroatoms. The summed E-state index contributed by atoms with van der Waals surface area (Å²) in [4.78, 5) is 122. The number of phenols is 6. The number of aromatic hydroxyl groups is 6. The second-order valence-corrected chi connectivity index (χ2v) is 28.1. The maximum absolute atomic E-state index is 16.3. The quantitative estimate of drug-likeness (QED) is 0.0585. The number of aliphatic carboxylic acids is 1. The number of amides is 7. The molecule has 580 valence electrons. The van der Waals surface area contributed by atoms with E-state index in [1.165, 1.54) is 53.2 Å². The van der Waals surface area contributed by atoms with Gasteiger partial charge in [-0.05, 0) is 125 Å². The Bertz CT molecular complexity index is 5030. The number of carbonyl (C=O) groups is 8. The third kappa shape index (κ3) is 16.4. The molecule has 0 unspecified atom stereocenters. The molecule has 7 aromatic carbocycles. The van der Waals surface area contributed by atoms with Gasteiger partial charge in [-0.15, -0.1) is 5.10 Å². The van der Waals surface area contributed by atoms with Gasteiger partial charge in [0.05, 0.1) is 22.3 Å². The molecule has 1 saturated heterocycles. The van der Waals surface area contributed by atoms with E-state index in [1.54, 1.807) is 6.20 Å². The highest BCUT2D eigenvalue weighted by atomic mass is 35.5. The molecule has 0 aliphatic carbocycles. The minimum atomic E-state index is -2.39. The zero-order chi connectivity index (χ0) is 79.0. The molecule has 7 aliphatic heterocycles. The number of aryl methyl sites for hydroxylation is 1. The Hall–Kier alpha value is -12.0. The van der Waals surface area contributed by atoms with Crippen LogP contribution in [0, 0.1) is 0 Å². The second-order valence-electron chi connectivity index (χ2n) is 27.3. The van der Waals surface area contributed by atoms with Gasteiger partial charge in [-0.25, -0.2) is 9.48 Å². The van der Waals surface area contributed by atoms with Crippen LogP contribution >= 0.6 is 23.2 Å². The molecule has 0 spiro atoms. The van der Waals surface area contributed by atoms with E-state index in [9.17, 15) is 60.7 Å². The number of unbranched alkanes of at least 4 members (excludes halogenated alkanes) is 5. The molecule has 7 aliphatic rings. The summed E-state index contributed by atoms with van der Waals surface area (Å²) in [5, 5.41) is 140. The average molecular weight is 1570 g/mol. The van der Waals surface area contributed by atoms with E-state index in [-0.39, 0.29) is 55.8 Å². The van der Waals surface area contributed by atoms with E-state index in [4.69, 9.17) is 46.9 Å². The molecular weight excluding hydrogens is 1490 g/mol. The minimum absolute atomic E-state index is 0.171. The van der Waals surface area contributed by atoms with Crippen molar-refractivity contribution in [2.45, 2.75) is 144 Å². The number of benzene rings is 7. The van der Waals surface area contributed by atoms with Crippen molar-refractivity contribution < 1.29 is 113 Å². The number of aromatic nitrogens is 3. The van der Waals surface area contributed by atoms with Crippen LogP contribution in [0.15, 0.2) is 121 Å². The molecule has 17 N–H and O–H groups in total. The van der Waals surface area contributed by atoms with Crippen molar-refractivity contribution in [2.75, 3.05) is 6.61 Å². The number of halogens is 2. The van der Waals surface area contributed by atoms with Crippen LogP contribution in [-0.4, -0.2) is 163 Å². The zero-order valence-electron chi connectivity index (χ0n) is 58.8. The summed E-state index contributed by atoms with van der Waals surface area (Å²) < 4.78 is 32.8. The summed E-state index contributed by atoms with van der Waals surface area (Å²) in [6.45, 7) is 2.14. The fourth-order valence-electron chi connectivity index (χ4n) is 14.0. The van der Waals surface area contributed by atoms with Crippen LogP contribution in [-0.2, 0) is 60.7 Å². The summed E-state index contributed by atoms with van der Waals surface area (Å²) >= 11 is 14.2. The molecule has 0 radical (unpaired) electrons. The molecule has 1 aromatic heterocycles. The molecule has 7 amide bonds. The molecule has 17 bridgehead atoms. The van der Waals surface area contributed by atoms with Crippen LogP contribution in [0.25, 0.3) is 11.1 Å². The van der Waals surface area contributed by atoms with Gasteiger partial charge < -0.3 is 112 Å². The smallest absolute Gasteiger partial charge is 0.330 e. The van der Waals surface area contributed by atoms with Crippen molar-refractivity contribution in [3.63, 3.8) is 0 Å². The summed E-state index contributed by atoms with van der Waals surface area (Å²) in [5.41, 5.74) is -1.99. The highest BCUT2D eigenvalue weighted by Gasteiger charge is 2.49. The number of ether oxygens (including phenoxy) is 5. The van der Waals surface area contributed by atoms with Gasteiger partial charge in [-0.1, -0.05) is 91.7 Å². The first-order valence-electron chi connectivity index (χ1n) is 35.2. The Morgan fingerprint density at radius 1 is 0.595 bits per heavy atom. The van der Waals surface area contributed by atoms with Crippen LogP contribution in [0.2, 0.25) is 10.0 Å². The number of carboxylic acids is 1. The van der Waals surface area contributed by atoms with Crippen molar-refractivity contribution in [3.8, 4) is 80.1 Å². The van der Waals surface area contributed by atoms with Crippen molar-refractivity contribution in [3.05, 3.63) is 176 Å². The van der Waals surface area contributed by atoms with E-state index >= 15 is 28.8 Å². The monoisotopic (exact) mass is 1560 g/mol. The number of nitrogens with zero attached hydrogens (tertiary/aromatic N) is 3. The maximum Gasteiger partial charge on any atom is 0.330 e. The Balaban J connectivity index is 0.998. The molecule has 15 rings (SSSR count). The van der Waals surface area contributed by atoms with Crippen LogP contribution in [0.5, 0.6) is 69.0 Å². The van der Waals surface area contributed by atoms with Gasteiger partial charge in [0.25, 0.3) is 0 Å². The lowest BCUT2D eigenvalue weighted by Crippen LogP contribution is -2.65. The first kappa shape index (κ1) is 77.2. The van der Waals surface area contributed by atoms with Crippen LogP contribution in [0.3, 0.4) is 0 Å². The molecule has 1 fully saturated rings. The molecule has 13 atom stereocenters. The third-order valence-corrected chi connectivity index (χ3v) is 20.1. The van der Waals surface area contributed by atoms with Gasteiger partial charge in [-0.2, -0.15) is 0 Å². The van der Waals surface area contributed by atoms with Gasteiger partial charge in [0.1, 0.15) is 101 Å². The minimum Gasteiger partial charge on any atom is -0.508 e. The number of nitrogens with one attached hydrogen (secondary N) is 7. The lowest BCUT2D eigenvalue weighted by Gasteiger charge is -2.44. The second kappa shape index (κ2) is 32.3. The van der Waals surface area contributed by atoms with E-state index in [0.717, 1.165) is 112 Å². The summed E-state index contributed by atoms with van der Waals surface area (Å²) in [7, 11) is 0. The predicted molar refractivity (Wildman–Crippen MR) is 387 cm³/mol. The van der Waals surface area contributed by atoms with Gasteiger partial charge >= 0.3 is 5.97 Å². The maximum atomic E-state index is 16.3. The fraction of sp³-hybridized carbons (Fsp3) is 0.316. The zero-order valence-corrected chi connectivity index (χ0v) is 60.3. The Labute approximate surface area is 640 Å². The predicted octanol–water partition coefficient (Wildman–Crippen LogP) is 6.04. The summed E-state index contributed by atoms with van der Waals surface area (Å²) in [6.07, 6.45) is -2.30. The van der Waals surface area contributed by atoms with Crippen molar-refractivity contribution >= 4 is 70.5 Å². The molecule has 111 heavy (non-hydrogen) atoms. The summed E-state index contributed by atoms with van der Waals surface area (Å²) in [6, 6.07) is 5.47. The van der Waals surface area contributed by atoms with Crippen molar-refractivity contribution in [1.29, 1.82) is 0 Å². The van der Waals surface area contributed by atoms with Crippen LogP contribution in [0.4, 0.5) is 0 Å². The van der Waals surface area contributed by atoms with Gasteiger partial charge in [0.2, 0.25) is 47.1 Å². The van der Waals surface area contributed by atoms with Crippen LogP contribution < -0.4 is 51.4 Å². The normalized spacial score (nSPS) is 23.8. The van der Waals surface area contributed by atoms with E-state index in [2.05, 4.69) is 54.5 Å². The number of carbonyl (C=O) groups excluding carboxylic acids is 7. The first-order valence-corrected chi connectivity index (χ1v) is 35.9. The number of hydrogen-bond acceptors (Lipinski definition) is 24. The number of fused-ring (bicyclic) bond motifs is 14. The highest BCUT2D eigenvalue weighted by molar-refractivity contribution is 6.32. The Kier molecular flexibility index (Phi) is 22.5. The third-order valence-electron chi connectivity index (χ3n) is 19.5. The molecule has 0 saturated carbocycles. The topological polar surface area (TPSA) is 500 Å². The molecule has 8 heterocycles. The van der Waals surface area contributed by atoms with E-state index < -0.39 is 213 Å². The largest absolute Gasteiger partial charge is 0.508 e. The highest BCUT2D eigenvalue weighted by Crippen LogP contribution is 2.49. The number of hydrogen-bond donors (Lipinski definition) is 17. The van der Waals surface area contributed by atoms with Crippen molar-refractivity contribution in [2.24, 2.45) is 0 Å². The number of phenolic OH excluding ortho intramolecular Hbond substituents is 6. The number of aliphatic hydroxyl groups excluding tert-OH is 3. The Morgan fingerprint density at radius 3 is 1.90 bits per heavy atom. The van der Waals surface area contributed by atoms with E-state index in [0.29, 0.717) is 12.1 Å². The SMILES string of the molecule is CCCCCCCCc1cn([C@H]2C(=O)N[C@@H]3Cc4ccc(c(Cl)c4)Oc4cc5cc(c4O)Oc4ccc(cc4Cl)[C@@H](O[C@@H]4O[C@H](CO)[C@@H](O)[C@H](O)[C@H]4NC(C)=O)[C@@H]4NC(=O)[C@H](NC(=O)[C@@H]5NC(=O)[C@@H](NC3=O)c3cc(O)cc(c3)Oc3cc2ccc3O)c2ccc(O)c(c2)-c2c(O)cc(O)cc2[C@H](C(=O)O)NC4=O)nn1. The Morgan fingerprint density at radius 2 is 1.22 bits per heavy atom. The molecule has 8 aromatic rings. The van der Waals surface area contributed by atoms with Gasteiger partial charge in [0.15, 0.2) is 41.4 Å². The fourth-order valence-corrected chi connectivity index (χ4v) is 14.4. The van der Waals surface area contributed by atoms with E-state index in [1.807, 2.05) is 0 Å². The van der Waals surface area contributed by atoms with Crippen molar-refractivity contribution in [1.82, 2.24) is 52.2 Å². The molecule has 33 nitrogen and oxygen atoms in total. The van der Waals surface area contributed by atoms with Crippen LogP contribution in [0.1, 0.15) is 133 Å². The lowest BCUT2D eigenvalue weighted by molar-refractivity contribution is -0.284. The number of aliphatic hydroxyl groups is 3. The standard InChI is InChI=1S/C76H74Cl2N10O23/c1-3-4-5-6-7-8-9-39-30-88(87-86-39)64-35-12-15-49(94)53(24-35)107-42-21-37(20-40(91)27-42)59-71(101)83-60-38-25-54(108-51-16-10-33(18-45(51)77)19-47(69(99)81-59)80-74(64)104)65(96)55(26-38)109-52-17-13-36(23-46(52)78)68(111-76-62(79-32(2)90)67(98)66(97)56(31-89)110-76)63-73(103)84-61(75(105)106)44-28-41(92)29-50(95)57(44)43-22-34(11-14-48(43)93)58(70(100)85-63)82-72(60)102/h10-18,20-30,47,56,58-64,66-68,76,89,91-98H,3-9,19,31H2,1-2H3,(H,79,90)(H,80,104)(H,81,99)(H,82,102)(H,83,101)(H,84,103)(H,85,100)(H,105,106)/t47-,56-,58-,59+,60-,61-,62-,63+,64-,66-,67-,68-,76+/m1/s1.